The predicted octanol–water partition coefficient (Wildman–Crippen LogP) is 2.96. The van der Waals surface area contributed by atoms with Gasteiger partial charge in [0.25, 0.3) is 0 Å². The summed E-state index contributed by atoms with van der Waals surface area (Å²) in [5.74, 6) is 1.21. The third-order valence-corrected chi connectivity index (χ3v) is 4.01. The smallest absolute Gasteiger partial charge is 0.158 e. The van der Waals surface area contributed by atoms with Gasteiger partial charge in [0.15, 0.2) is 5.78 Å². The summed E-state index contributed by atoms with van der Waals surface area (Å²) in [5, 5.41) is 0. The quantitative estimate of drug-likeness (QED) is 0.557. The van der Waals surface area contributed by atoms with Gasteiger partial charge in [0.1, 0.15) is 0 Å². The van der Waals surface area contributed by atoms with Crippen molar-refractivity contribution >= 4 is 5.78 Å². The third-order valence-electron chi connectivity index (χ3n) is 4.01. The minimum atomic E-state index is 0.260. The molecule has 72 valence electrons. The van der Waals surface area contributed by atoms with Gasteiger partial charge in [0, 0.05) is 5.92 Å². The van der Waals surface area contributed by atoms with Crippen LogP contribution in [0.15, 0.2) is 12.2 Å². The van der Waals surface area contributed by atoms with Gasteiger partial charge < -0.3 is 0 Å². The van der Waals surface area contributed by atoms with Gasteiger partial charge >= 0.3 is 0 Å². The van der Waals surface area contributed by atoms with Gasteiger partial charge in [-0.15, -0.1) is 0 Å². The molecule has 0 aliphatic heterocycles. The van der Waals surface area contributed by atoms with Crippen molar-refractivity contribution in [1.29, 1.82) is 0 Å². The average molecular weight is 178 g/mol. The Kier molecular flexibility index (Phi) is 2.05. The maximum atomic E-state index is 11.5. The van der Waals surface area contributed by atoms with Crippen molar-refractivity contribution in [3.05, 3.63) is 12.2 Å². The highest BCUT2D eigenvalue weighted by Crippen LogP contribution is 2.48. The molecule has 2 rings (SSSR count). The Bertz CT molecular complexity index is 254. The second-order valence-electron chi connectivity index (χ2n) is 4.88. The van der Waals surface area contributed by atoms with Crippen LogP contribution in [0.3, 0.4) is 0 Å². The number of carbonyl (C=O) groups is 1. The number of ketones is 1. The fourth-order valence-electron chi connectivity index (χ4n) is 3.04. The molecule has 0 saturated heterocycles. The zero-order valence-electron chi connectivity index (χ0n) is 8.55. The molecule has 13 heavy (non-hydrogen) atoms. The van der Waals surface area contributed by atoms with Crippen LogP contribution in [0.4, 0.5) is 0 Å². The monoisotopic (exact) mass is 178 g/mol. The van der Waals surface area contributed by atoms with Crippen LogP contribution >= 0.6 is 0 Å². The van der Waals surface area contributed by atoms with Crippen molar-refractivity contribution in [2.24, 2.45) is 17.3 Å². The van der Waals surface area contributed by atoms with Crippen molar-refractivity contribution in [2.45, 2.75) is 39.5 Å². The Morgan fingerprint density at radius 2 is 2.23 bits per heavy atom. The van der Waals surface area contributed by atoms with E-state index in [2.05, 4.69) is 19.9 Å². The van der Waals surface area contributed by atoms with Gasteiger partial charge in [0.2, 0.25) is 0 Å². The SMILES string of the molecule is CC1C(=O)C=CC2(C)CCCCC12. The highest BCUT2D eigenvalue weighted by atomic mass is 16.1. The number of hydrogen-bond donors (Lipinski definition) is 0. The minimum absolute atomic E-state index is 0.260. The first-order valence-electron chi connectivity index (χ1n) is 5.36. The Morgan fingerprint density at radius 1 is 1.46 bits per heavy atom. The lowest BCUT2D eigenvalue weighted by atomic mass is 9.60. The fourth-order valence-corrected chi connectivity index (χ4v) is 3.04. The third kappa shape index (κ3) is 1.34. The van der Waals surface area contributed by atoms with Gasteiger partial charge in [-0.1, -0.05) is 32.8 Å². The van der Waals surface area contributed by atoms with Crippen molar-refractivity contribution in [3.8, 4) is 0 Å². The molecule has 0 N–H and O–H groups in total. The first-order chi connectivity index (χ1) is 6.13. The van der Waals surface area contributed by atoms with Crippen LogP contribution in [-0.2, 0) is 4.79 Å². The molecule has 0 aromatic carbocycles. The molecule has 2 aliphatic carbocycles. The van der Waals surface area contributed by atoms with Crippen LogP contribution in [-0.4, -0.2) is 5.78 Å². The second kappa shape index (κ2) is 2.97. The molecule has 2 aliphatic rings. The predicted molar refractivity (Wildman–Crippen MR) is 53.4 cm³/mol. The summed E-state index contributed by atoms with van der Waals surface area (Å²) >= 11 is 0. The van der Waals surface area contributed by atoms with E-state index in [1.54, 1.807) is 0 Å². The molecule has 0 spiro atoms. The molecule has 1 nitrogen and oxygen atoms in total. The second-order valence-corrected chi connectivity index (χ2v) is 4.88. The summed E-state index contributed by atoms with van der Waals surface area (Å²) < 4.78 is 0. The topological polar surface area (TPSA) is 17.1 Å². The van der Waals surface area contributed by atoms with Crippen molar-refractivity contribution in [1.82, 2.24) is 0 Å². The Morgan fingerprint density at radius 3 is 3.00 bits per heavy atom. The molecule has 1 heteroatoms. The Hall–Kier alpha value is -0.590. The molecule has 0 bridgehead atoms. The first kappa shape index (κ1) is 8.98. The van der Waals surface area contributed by atoms with Gasteiger partial charge in [-0.05, 0) is 30.3 Å². The van der Waals surface area contributed by atoms with E-state index in [-0.39, 0.29) is 5.92 Å². The maximum Gasteiger partial charge on any atom is 0.158 e. The number of allylic oxidation sites excluding steroid dienone is 2. The zero-order chi connectivity index (χ0) is 9.47. The first-order valence-corrected chi connectivity index (χ1v) is 5.36. The van der Waals surface area contributed by atoms with Crippen molar-refractivity contribution in [2.75, 3.05) is 0 Å². The number of carbonyl (C=O) groups excluding carboxylic acids is 1. The van der Waals surface area contributed by atoms with E-state index in [0.717, 1.165) is 0 Å². The summed E-state index contributed by atoms with van der Waals surface area (Å²) in [6, 6.07) is 0. The van der Waals surface area contributed by atoms with Crippen LogP contribution in [0.2, 0.25) is 0 Å². The van der Waals surface area contributed by atoms with Crippen molar-refractivity contribution < 1.29 is 4.79 Å². The van der Waals surface area contributed by atoms with E-state index >= 15 is 0 Å². The van der Waals surface area contributed by atoms with E-state index < -0.39 is 0 Å². The van der Waals surface area contributed by atoms with Crippen LogP contribution in [0.25, 0.3) is 0 Å². The molecule has 3 unspecified atom stereocenters. The largest absolute Gasteiger partial charge is 0.295 e. The number of fused-ring (bicyclic) bond motifs is 1. The van der Waals surface area contributed by atoms with Crippen LogP contribution < -0.4 is 0 Å². The number of rotatable bonds is 0. The molecule has 0 aromatic rings. The van der Waals surface area contributed by atoms with Crippen molar-refractivity contribution in [3.63, 3.8) is 0 Å². The van der Waals surface area contributed by atoms with Crippen LogP contribution in [0, 0.1) is 17.3 Å². The summed E-state index contributed by atoms with van der Waals surface area (Å²) in [5.41, 5.74) is 0.325. The van der Waals surface area contributed by atoms with E-state index in [4.69, 9.17) is 0 Å². The highest BCUT2D eigenvalue weighted by Gasteiger charge is 2.41. The summed E-state index contributed by atoms with van der Waals surface area (Å²) in [6.07, 6.45) is 9.13. The van der Waals surface area contributed by atoms with Gasteiger partial charge in [-0.2, -0.15) is 0 Å². The lowest BCUT2D eigenvalue weighted by molar-refractivity contribution is -0.122. The lowest BCUT2D eigenvalue weighted by Gasteiger charge is -2.44. The molecule has 3 atom stereocenters. The molecular formula is C12H18O. The Labute approximate surface area is 80.2 Å². The standard InChI is InChI=1S/C12H18O/c1-9-10-5-3-4-7-12(10,2)8-6-11(9)13/h6,8-10H,3-5,7H2,1-2H3. The Balaban J connectivity index is 2.31. The lowest BCUT2D eigenvalue weighted by Crippen LogP contribution is -2.39. The fraction of sp³-hybridized carbons (Fsp3) is 0.750. The molecule has 0 heterocycles. The van der Waals surface area contributed by atoms with E-state index in [1.165, 1.54) is 25.7 Å². The number of hydrogen-bond acceptors (Lipinski definition) is 1. The van der Waals surface area contributed by atoms with Crippen LogP contribution in [0.1, 0.15) is 39.5 Å². The highest BCUT2D eigenvalue weighted by molar-refractivity contribution is 5.92. The minimum Gasteiger partial charge on any atom is -0.295 e. The summed E-state index contributed by atoms with van der Waals surface area (Å²) in [7, 11) is 0. The van der Waals surface area contributed by atoms with E-state index in [9.17, 15) is 4.79 Å². The normalized spacial score (nSPS) is 44.6. The molecule has 0 amide bonds. The van der Waals surface area contributed by atoms with E-state index in [0.29, 0.717) is 17.1 Å². The summed E-state index contributed by atoms with van der Waals surface area (Å²) in [4.78, 5) is 11.5. The molecule has 0 radical (unpaired) electrons. The molecular weight excluding hydrogens is 160 g/mol. The molecule has 0 aromatic heterocycles. The zero-order valence-corrected chi connectivity index (χ0v) is 8.55. The van der Waals surface area contributed by atoms with Gasteiger partial charge in [0.05, 0.1) is 0 Å². The maximum absolute atomic E-state index is 11.5. The molecule has 1 saturated carbocycles. The van der Waals surface area contributed by atoms with Gasteiger partial charge in [-0.3, -0.25) is 4.79 Å². The van der Waals surface area contributed by atoms with Gasteiger partial charge in [-0.25, -0.2) is 0 Å². The van der Waals surface area contributed by atoms with Crippen LogP contribution in [0.5, 0.6) is 0 Å². The van der Waals surface area contributed by atoms with E-state index in [1.807, 2.05) is 6.08 Å². The average Bonchev–Trinajstić information content (AvgIpc) is 2.12. The molecule has 1 fully saturated rings. The summed E-state index contributed by atoms with van der Waals surface area (Å²) in [6.45, 7) is 4.41.